The summed E-state index contributed by atoms with van der Waals surface area (Å²) >= 11 is 0. The van der Waals surface area contributed by atoms with Crippen LogP contribution in [0.25, 0.3) is 0 Å². The maximum absolute atomic E-state index is 6.08. The van der Waals surface area contributed by atoms with Crippen molar-refractivity contribution in [3.63, 3.8) is 0 Å². The van der Waals surface area contributed by atoms with Crippen molar-refractivity contribution in [2.45, 2.75) is 38.8 Å². The molecule has 1 aliphatic heterocycles. The number of methoxy groups -OCH3 is 1. The Bertz CT molecular complexity index is 1520. The molecule has 0 aromatic heterocycles. The fourth-order valence-electron chi connectivity index (χ4n) is 5.99. The standard InChI is InChI=1S/C35H34N2O2/c1-23-17-24(2)19-26(18-23)22-39-33-16-11-25(20-34(33)38-3)21-36-28-14-12-27(13-15-28)35-31-9-6-8-29(31)30-7-4-5-10-32(30)37-35/h4-8,10-21,29,31,35,37H,9,22H2,1-3H3/t29-,31-,35+/m1/s1. The van der Waals surface area contributed by atoms with E-state index in [1.54, 1.807) is 7.11 Å². The second kappa shape index (κ2) is 10.8. The predicted octanol–water partition coefficient (Wildman–Crippen LogP) is 8.47. The smallest absolute Gasteiger partial charge is 0.161 e. The van der Waals surface area contributed by atoms with Crippen LogP contribution in [0.1, 0.15) is 51.8 Å². The molecule has 0 fully saturated rings. The molecule has 1 aliphatic carbocycles. The van der Waals surface area contributed by atoms with E-state index in [0.29, 0.717) is 30.2 Å². The van der Waals surface area contributed by atoms with E-state index in [0.717, 1.165) is 29.0 Å². The molecular weight excluding hydrogens is 480 g/mol. The predicted molar refractivity (Wildman–Crippen MR) is 160 cm³/mol. The molecule has 39 heavy (non-hydrogen) atoms. The fourth-order valence-corrected chi connectivity index (χ4v) is 5.99. The number of anilines is 1. The number of benzene rings is 4. The zero-order valence-electron chi connectivity index (χ0n) is 22.7. The number of para-hydroxylation sites is 1. The second-order valence-corrected chi connectivity index (χ2v) is 10.6. The summed E-state index contributed by atoms with van der Waals surface area (Å²) in [7, 11) is 1.67. The molecule has 1 heterocycles. The molecule has 0 saturated heterocycles. The van der Waals surface area contributed by atoms with Gasteiger partial charge in [-0.15, -0.1) is 0 Å². The molecule has 4 heteroatoms. The topological polar surface area (TPSA) is 42.8 Å². The first-order valence-electron chi connectivity index (χ1n) is 13.6. The maximum Gasteiger partial charge on any atom is 0.161 e. The third-order valence-corrected chi connectivity index (χ3v) is 7.75. The molecule has 1 N–H and O–H groups in total. The van der Waals surface area contributed by atoms with Crippen LogP contribution in [-0.2, 0) is 6.61 Å². The second-order valence-electron chi connectivity index (χ2n) is 10.6. The van der Waals surface area contributed by atoms with Crippen LogP contribution in [0.15, 0.2) is 102 Å². The van der Waals surface area contributed by atoms with E-state index in [9.17, 15) is 0 Å². The molecule has 196 valence electrons. The quantitative estimate of drug-likeness (QED) is 0.199. The Morgan fingerprint density at radius 2 is 1.69 bits per heavy atom. The highest BCUT2D eigenvalue weighted by Gasteiger charge is 2.37. The van der Waals surface area contributed by atoms with Gasteiger partial charge < -0.3 is 14.8 Å². The van der Waals surface area contributed by atoms with Gasteiger partial charge in [0.05, 0.1) is 18.8 Å². The minimum atomic E-state index is 0.290. The van der Waals surface area contributed by atoms with Crippen LogP contribution in [0.4, 0.5) is 11.4 Å². The van der Waals surface area contributed by atoms with Crippen molar-refractivity contribution < 1.29 is 9.47 Å². The zero-order chi connectivity index (χ0) is 26.8. The van der Waals surface area contributed by atoms with E-state index >= 15 is 0 Å². The Kier molecular flexibility index (Phi) is 6.93. The van der Waals surface area contributed by atoms with Crippen molar-refractivity contribution in [2.75, 3.05) is 12.4 Å². The van der Waals surface area contributed by atoms with E-state index in [4.69, 9.17) is 14.5 Å². The molecule has 4 aromatic carbocycles. The van der Waals surface area contributed by atoms with E-state index in [2.05, 4.69) is 98.0 Å². The Balaban J connectivity index is 1.14. The summed E-state index contributed by atoms with van der Waals surface area (Å²) in [6.45, 7) is 4.71. The number of fused-ring (bicyclic) bond motifs is 3. The summed E-state index contributed by atoms with van der Waals surface area (Å²) in [5.74, 6) is 2.44. The number of nitrogens with one attached hydrogen (secondary N) is 1. The van der Waals surface area contributed by atoms with Crippen LogP contribution >= 0.6 is 0 Å². The summed E-state index contributed by atoms with van der Waals surface area (Å²) in [4.78, 5) is 4.73. The van der Waals surface area contributed by atoms with E-state index < -0.39 is 0 Å². The van der Waals surface area contributed by atoms with Crippen molar-refractivity contribution in [1.29, 1.82) is 0 Å². The van der Waals surface area contributed by atoms with Crippen molar-refractivity contribution in [2.24, 2.45) is 10.9 Å². The van der Waals surface area contributed by atoms with E-state index in [1.165, 1.54) is 27.9 Å². The lowest BCUT2D eigenvalue weighted by molar-refractivity contribution is 0.284. The number of aliphatic imine (C=N–C) groups is 1. The highest BCUT2D eigenvalue weighted by Crippen LogP contribution is 2.49. The number of nitrogens with zero attached hydrogens (tertiary/aromatic N) is 1. The van der Waals surface area contributed by atoms with Crippen molar-refractivity contribution in [3.05, 3.63) is 130 Å². The van der Waals surface area contributed by atoms with Crippen LogP contribution in [0, 0.1) is 19.8 Å². The molecule has 3 atom stereocenters. The van der Waals surface area contributed by atoms with Gasteiger partial charge in [0.1, 0.15) is 6.61 Å². The average Bonchev–Trinajstić information content (AvgIpc) is 3.45. The van der Waals surface area contributed by atoms with Crippen LogP contribution in [0.5, 0.6) is 11.5 Å². The SMILES string of the molecule is COc1cc(C=Nc2ccc([C@@H]3Nc4ccccc4[C@H]4C=CC[C@H]43)cc2)ccc1OCc1cc(C)cc(C)c1. The third kappa shape index (κ3) is 5.33. The number of allylic oxidation sites excluding steroid dienone is 2. The van der Waals surface area contributed by atoms with Crippen LogP contribution < -0.4 is 14.8 Å². The molecule has 0 amide bonds. The lowest BCUT2D eigenvalue weighted by Gasteiger charge is -2.37. The lowest BCUT2D eigenvalue weighted by Crippen LogP contribution is -2.28. The van der Waals surface area contributed by atoms with Gasteiger partial charge in [-0.1, -0.05) is 71.8 Å². The normalized spacial score (nSPS) is 19.4. The molecule has 2 aliphatic rings. The number of rotatable bonds is 7. The van der Waals surface area contributed by atoms with Gasteiger partial charge in [0, 0.05) is 17.8 Å². The Morgan fingerprint density at radius 3 is 2.49 bits per heavy atom. The highest BCUT2D eigenvalue weighted by molar-refractivity contribution is 5.83. The molecule has 0 radical (unpaired) electrons. The van der Waals surface area contributed by atoms with Gasteiger partial charge in [-0.2, -0.15) is 0 Å². The largest absolute Gasteiger partial charge is 0.493 e. The van der Waals surface area contributed by atoms with Crippen molar-refractivity contribution in [1.82, 2.24) is 0 Å². The zero-order valence-corrected chi connectivity index (χ0v) is 22.7. The van der Waals surface area contributed by atoms with Gasteiger partial charge in [-0.3, -0.25) is 4.99 Å². The minimum Gasteiger partial charge on any atom is -0.493 e. The lowest BCUT2D eigenvalue weighted by atomic mass is 9.77. The van der Waals surface area contributed by atoms with Crippen molar-refractivity contribution >= 4 is 17.6 Å². The number of aryl methyl sites for hydroxylation is 2. The van der Waals surface area contributed by atoms with E-state index in [1.807, 2.05) is 24.4 Å². The van der Waals surface area contributed by atoms with Crippen LogP contribution in [0.3, 0.4) is 0 Å². The number of hydrogen-bond donors (Lipinski definition) is 1. The number of ether oxygens (including phenoxy) is 2. The highest BCUT2D eigenvalue weighted by atomic mass is 16.5. The molecule has 0 spiro atoms. The third-order valence-electron chi connectivity index (χ3n) is 7.75. The summed E-state index contributed by atoms with van der Waals surface area (Å²) in [5.41, 5.74) is 9.45. The van der Waals surface area contributed by atoms with Crippen LogP contribution in [-0.4, -0.2) is 13.3 Å². The molecule has 0 unspecified atom stereocenters. The van der Waals surface area contributed by atoms with Gasteiger partial charge in [-0.05, 0) is 84.8 Å². The summed E-state index contributed by atoms with van der Waals surface area (Å²) < 4.78 is 11.7. The first-order chi connectivity index (χ1) is 19.1. The molecule has 0 saturated carbocycles. The average molecular weight is 515 g/mol. The monoisotopic (exact) mass is 514 g/mol. The van der Waals surface area contributed by atoms with Crippen LogP contribution in [0.2, 0.25) is 0 Å². The molecular formula is C35H34N2O2. The summed E-state index contributed by atoms with van der Waals surface area (Å²) in [6.07, 6.45) is 7.68. The summed E-state index contributed by atoms with van der Waals surface area (Å²) in [5, 5.41) is 3.80. The van der Waals surface area contributed by atoms with Crippen molar-refractivity contribution in [3.8, 4) is 11.5 Å². The fraction of sp³-hybridized carbons (Fsp3) is 0.229. The van der Waals surface area contributed by atoms with E-state index in [-0.39, 0.29) is 0 Å². The molecule has 4 aromatic rings. The minimum absolute atomic E-state index is 0.290. The first-order valence-corrected chi connectivity index (χ1v) is 13.6. The van der Waals surface area contributed by atoms with Gasteiger partial charge in [0.25, 0.3) is 0 Å². The van der Waals surface area contributed by atoms with Gasteiger partial charge in [-0.25, -0.2) is 0 Å². The molecule has 4 nitrogen and oxygen atoms in total. The Hall–Kier alpha value is -4.31. The molecule has 6 rings (SSSR count). The van der Waals surface area contributed by atoms with Gasteiger partial charge >= 0.3 is 0 Å². The van der Waals surface area contributed by atoms with Gasteiger partial charge in [0.15, 0.2) is 11.5 Å². The Morgan fingerprint density at radius 1 is 0.897 bits per heavy atom. The Labute approximate surface area is 231 Å². The molecule has 0 bridgehead atoms. The maximum atomic E-state index is 6.08. The number of hydrogen-bond acceptors (Lipinski definition) is 4. The first kappa shape index (κ1) is 25.0. The summed E-state index contributed by atoms with van der Waals surface area (Å²) in [6, 6.07) is 30.0. The van der Waals surface area contributed by atoms with Gasteiger partial charge in [0.2, 0.25) is 0 Å².